The van der Waals surface area contributed by atoms with E-state index < -0.39 is 23.2 Å². The molecule has 0 aromatic heterocycles. The summed E-state index contributed by atoms with van der Waals surface area (Å²) >= 11 is 0. The Balaban J connectivity index is 0.000000312. The van der Waals surface area contributed by atoms with Gasteiger partial charge < -0.3 is 24.3 Å². The minimum Gasteiger partial charge on any atom is -0.508 e. The number of benzene rings is 3. The van der Waals surface area contributed by atoms with Crippen LogP contribution in [0.1, 0.15) is 51.1 Å². The average Bonchev–Trinajstić information content (AvgIpc) is 2.94. The van der Waals surface area contributed by atoms with Crippen LogP contribution in [0.4, 0.5) is 13.2 Å². The van der Waals surface area contributed by atoms with Crippen LogP contribution in [0.15, 0.2) is 66.7 Å². The number of halogens is 3. The minimum absolute atomic E-state index is 0.00148. The monoisotopic (exact) mass is 555 g/mol. The number of nitrogens with zero attached hydrogens (tertiary/aromatic N) is 1. The summed E-state index contributed by atoms with van der Waals surface area (Å²) in [6.45, 7) is 0.587. The largest absolute Gasteiger partial charge is 0.508 e. The number of phenols is 1. The van der Waals surface area contributed by atoms with E-state index in [1.807, 2.05) is 0 Å². The highest BCUT2D eigenvalue weighted by Crippen LogP contribution is 2.40. The molecular formula is C30H28F3NO6. The zero-order chi connectivity index (χ0) is 28.9. The highest BCUT2D eigenvalue weighted by molar-refractivity contribution is 6.00. The molecule has 7 nitrogen and oxygen atoms in total. The van der Waals surface area contributed by atoms with Crippen molar-refractivity contribution in [2.45, 2.75) is 37.5 Å². The Morgan fingerprint density at radius 3 is 2.40 bits per heavy atom. The Kier molecular flexibility index (Phi) is 8.46. The number of aromatic hydroxyl groups is 1. The van der Waals surface area contributed by atoms with Crippen molar-refractivity contribution in [3.8, 4) is 17.2 Å². The van der Waals surface area contributed by atoms with Gasteiger partial charge in [0, 0.05) is 43.5 Å². The fourth-order valence-corrected chi connectivity index (χ4v) is 4.86. The number of carbonyl (C=O) groups excluding carboxylic acids is 3. The van der Waals surface area contributed by atoms with Gasteiger partial charge in [0.15, 0.2) is 5.78 Å². The smallest absolute Gasteiger partial charge is 0.419 e. The van der Waals surface area contributed by atoms with Crippen molar-refractivity contribution in [2.24, 2.45) is 0 Å². The quantitative estimate of drug-likeness (QED) is 0.428. The number of amides is 1. The van der Waals surface area contributed by atoms with Gasteiger partial charge in [-0.1, -0.05) is 30.3 Å². The third kappa shape index (κ3) is 6.27. The number of ketones is 1. The Labute approximate surface area is 229 Å². The molecule has 0 atom stereocenters. The Bertz CT molecular complexity index is 1400. The maximum Gasteiger partial charge on any atom is 0.419 e. The molecule has 1 saturated heterocycles. The van der Waals surface area contributed by atoms with Crippen molar-refractivity contribution in [3.05, 3.63) is 89.0 Å². The maximum atomic E-state index is 13.3. The van der Waals surface area contributed by atoms with E-state index in [4.69, 9.17) is 14.6 Å². The van der Waals surface area contributed by atoms with Crippen molar-refractivity contribution in [1.82, 2.24) is 4.90 Å². The number of piperidine rings is 1. The van der Waals surface area contributed by atoms with Crippen molar-refractivity contribution in [1.29, 1.82) is 0 Å². The van der Waals surface area contributed by atoms with E-state index >= 15 is 0 Å². The van der Waals surface area contributed by atoms with Crippen molar-refractivity contribution >= 4 is 18.0 Å². The summed E-state index contributed by atoms with van der Waals surface area (Å²) in [5.41, 5.74) is -0.483. The third-order valence-corrected chi connectivity index (χ3v) is 7.01. The first-order valence-corrected chi connectivity index (χ1v) is 12.6. The molecule has 1 N–H and O–H groups in total. The van der Waals surface area contributed by atoms with E-state index in [2.05, 4.69) is 0 Å². The minimum atomic E-state index is -4.63. The molecular weight excluding hydrogens is 527 g/mol. The van der Waals surface area contributed by atoms with Crippen LogP contribution < -0.4 is 9.47 Å². The average molecular weight is 556 g/mol. The number of carbonyl (C=O) groups is 3. The topological polar surface area (TPSA) is 93.1 Å². The standard InChI is InChI=1S/C22H20F3NO4.C8H8O2/c1-29-19-7-6-14(12-16(19)22(23,24)25)20(28)26-10-8-21(9-11-26)13-17(27)15-4-2-3-5-18(15)30-21;9-6-5-7-3-1-2-4-8(7)10/h2-7,12H,8-11,13H2,1H3;1-4,6,10H,5H2. The molecule has 5 rings (SSSR count). The summed E-state index contributed by atoms with van der Waals surface area (Å²) in [7, 11) is 1.15. The van der Waals surface area contributed by atoms with Crippen molar-refractivity contribution < 1.29 is 42.1 Å². The van der Waals surface area contributed by atoms with Crippen LogP contribution in [-0.4, -0.2) is 53.8 Å². The van der Waals surface area contributed by atoms with Gasteiger partial charge in [-0.15, -0.1) is 0 Å². The Hall–Kier alpha value is -4.34. The number of hydrogen-bond donors (Lipinski definition) is 1. The molecule has 3 aromatic carbocycles. The van der Waals surface area contributed by atoms with E-state index in [0.717, 1.165) is 25.5 Å². The summed E-state index contributed by atoms with van der Waals surface area (Å²) < 4.78 is 50.7. The molecule has 0 radical (unpaired) electrons. The fourth-order valence-electron chi connectivity index (χ4n) is 4.86. The van der Waals surface area contributed by atoms with Crippen LogP contribution >= 0.6 is 0 Å². The number of rotatable bonds is 4. The molecule has 10 heteroatoms. The van der Waals surface area contributed by atoms with Gasteiger partial charge in [0.1, 0.15) is 29.1 Å². The highest BCUT2D eigenvalue weighted by atomic mass is 19.4. The summed E-state index contributed by atoms with van der Waals surface area (Å²) in [5, 5.41) is 9.08. The molecule has 3 aromatic rings. The Morgan fingerprint density at radius 2 is 1.75 bits per heavy atom. The molecule has 2 aliphatic heterocycles. The first kappa shape index (κ1) is 28.7. The molecule has 210 valence electrons. The highest BCUT2D eigenvalue weighted by Gasteiger charge is 2.44. The van der Waals surface area contributed by atoms with E-state index in [1.165, 1.54) is 11.0 Å². The lowest BCUT2D eigenvalue weighted by Crippen LogP contribution is -2.52. The van der Waals surface area contributed by atoms with Gasteiger partial charge >= 0.3 is 6.18 Å². The van der Waals surface area contributed by atoms with Crippen LogP contribution in [0.2, 0.25) is 0 Å². The predicted molar refractivity (Wildman–Crippen MR) is 140 cm³/mol. The van der Waals surface area contributed by atoms with E-state index in [9.17, 15) is 27.6 Å². The molecule has 0 aliphatic carbocycles. The number of aldehydes is 1. The lowest BCUT2D eigenvalue weighted by Gasteiger charge is -2.44. The number of alkyl halides is 3. The van der Waals surface area contributed by atoms with Gasteiger partial charge in [0.25, 0.3) is 5.91 Å². The molecule has 1 spiro atoms. The summed E-state index contributed by atoms with van der Waals surface area (Å²) in [4.78, 5) is 36.8. The summed E-state index contributed by atoms with van der Waals surface area (Å²) in [5.74, 6) is -0.0836. The molecule has 40 heavy (non-hydrogen) atoms. The Morgan fingerprint density at radius 1 is 1.07 bits per heavy atom. The second-order valence-electron chi connectivity index (χ2n) is 9.59. The number of ether oxygens (including phenoxy) is 2. The number of likely N-dealkylation sites (tertiary alicyclic amines) is 1. The SMILES string of the molecule is COc1ccc(C(=O)N2CCC3(CC2)CC(=O)c2ccccc2O3)cc1C(F)(F)F.O=CCc1ccccc1O. The normalized spacial score (nSPS) is 15.8. The fraction of sp³-hybridized carbons (Fsp3) is 0.300. The molecule has 0 bridgehead atoms. The van der Waals surface area contributed by atoms with Crippen LogP contribution in [-0.2, 0) is 17.4 Å². The van der Waals surface area contributed by atoms with Crippen LogP contribution in [0, 0.1) is 0 Å². The van der Waals surface area contributed by atoms with E-state index in [-0.39, 0.29) is 35.7 Å². The van der Waals surface area contributed by atoms with Gasteiger partial charge in [0.2, 0.25) is 0 Å². The van der Waals surface area contributed by atoms with Crippen LogP contribution in [0.25, 0.3) is 0 Å². The maximum absolute atomic E-state index is 13.3. The number of methoxy groups -OCH3 is 1. The second kappa shape index (κ2) is 11.8. The van der Waals surface area contributed by atoms with Gasteiger partial charge in [0.05, 0.1) is 24.7 Å². The van der Waals surface area contributed by atoms with Crippen LogP contribution in [0.3, 0.4) is 0 Å². The third-order valence-electron chi connectivity index (χ3n) is 7.01. The number of fused-ring (bicyclic) bond motifs is 1. The molecule has 0 unspecified atom stereocenters. The summed E-state index contributed by atoms with van der Waals surface area (Å²) in [6.07, 6.45) is -2.48. The van der Waals surface area contributed by atoms with E-state index in [1.54, 1.807) is 48.5 Å². The summed E-state index contributed by atoms with van der Waals surface area (Å²) in [6, 6.07) is 17.2. The molecule has 2 aliphatic rings. The lowest BCUT2D eigenvalue weighted by molar-refractivity contribution is -0.138. The molecule has 2 heterocycles. The zero-order valence-electron chi connectivity index (χ0n) is 21.7. The number of Topliss-reactive ketones (excluding diaryl/α,β-unsaturated/α-hetero) is 1. The first-order chi connectivity index (χ1) is 19.1. The molecule has 0 saturated carbocycles. The first-order valence-electron chi connectivity index (χ1n) is 12.6. The lowest BCUT2D eigenvalue weighted by atomic mass is 9.82. The zero-order valence-corrected chi connectivity index (χ0v) is 21.7. The van der Waals surface area contributed by atoms with Gasteiger partial charge in [-0.25, -0.2) is 0 Å². The van der Waals surface area contributed by atoms with Crippen molar-refractivity contribution in [2.75, 3.05) is 20.2 Å². The van der Waals surface area contributed by atoms with E-state index in [0.29, 0.717) is 42.8 Å². The molecule has 1 fully saturated rings. The van der Waals surface area contributed by atoms with Crippen LogP contribution in [0.5, 0.6) is 17.2 Å². The van der Waals surface area contributed by atoms with Gasteiger partial charge in [-0.05, 0) is 36.4 Å². The van der Waals surface area contributed by atoms with Gasteiger partial charge in [-0.3, -0.25) is 9.59 Å². The van der Waals surface area contributed by atoms with Crippen molar-refractivity contribution in [3.63, 3.8) is 0 Å². The predicted octanol–water partition coefficient (Wildman–Crippen LogP) is 5.49. The van der Waals surface area contributed by atoms with Gasteiger partial charge in [-0.2, -0.15) is 13.2 Å². The second-order valence-corrected chi connectivity index (χ2v) is 9.59. The number of para-hydroxylation sites is 2. The number of phenolic OH excluding ortho intramolecular Hbond substituents is 1. The number of hydrogen-bond acceptors (Lipinski definition) is 6. The molecule has 1 amide bonds.